The maximum absolute atomic E-state index is 14.7. The van der Waals surface area contributed by atoms with Gasteiger partial charge in [-0.05, 0) is 49.4 Å². The van der Waals surface area contributed by atoms with Crippen LogP contribution in [-0.2, 0) is 39.4 Å². The number of rotatable bonds is 11. The molecule has 6 rings (SSSR count). The van der Waals surface area contributed by atoms with Crippen LogP contribution in [0, 0.1) is 5.92 Å². The van der Waals surface area contributed by atoms with Crippen LogP contribution in [-0.4, -0.2) is 106 Å². The number of ether oxygens (including phenoxy) is 1. The van der Waals surface area contributed by atoms with Crippen LogP contribution < -0.4 is 11.1 Å². The number of sulfone groups is 1. The second-order valence-corrected chi connectivity index (χ2v) is 16.7. The lowest BCUT2D eigenvalue weighted by Gasteiger charge is -2.37. The van der Waals surface area contributed by atoms with E-state index in [-0.39, 0.29) is 67.5 Å². The Hall–Kier alpha value is -4.35. The summed E-state index contributed by atoms with van der Waals surface area (Å²) in [6.45, 7) is -0.0341. The minimum absolute atomic E-state index is 0.0167. The number of ketones is 1. The van der Waals surface area contributed by atoms with Crippen molar-refractivity contribution in [2.45, 2.75) is 105 Å². The van der Waals surface area contributed by atoms with Crippen molar-refractivity contribution in [3.05, 3.63) is 41.7 Å². The van der Waals surface area contributed by atoms with Gasteiger partial charge in [-0.15, -0.1) is 5.10 Å². The molecule has 0 spiro atoms. The first kappa shape index (κ1) is 37.4. The number of hydrogen-bond acceptors (Lipinski definition) is 11. The number of primary amides is 1. The molecule has 52 heavy (non-hydrogen) atoms. The topological polar surface area (TPSA) is 233 Å². The minimum Gasteiger partial charge on any atom is -0.379 e. The van der Waals surface area contributed by atoms with E-state index >= 15 is 0 Å². The van der Waals surface area contributed by atoms with Crippen molar-refractivity contribution in [3.63, 3.8) is 0 Å². The van der Waals surface area contributed by atoms with E-state index in [0.29, 0.717) is 18.5 Å². The van der Waals surface area contributed by atoms with Gasteiger partial charge < -0.3 is 25.8 Å². The number of nitrogens with one attached hydrogen (secondary N) is 1. The number of likely N-dealkylation sites (tertiary alicyclic amines) is 1. The molecule has 4 N–H and O–H groups in total. The fourth-order valence-corrected chi connectivity index (χ4v) is 8.55. The Balaban J connectivity index is 1.36. The molecular formula is C35H45N7O9S. The number of carbonyl (C=O) groups excluding carboxylic acids is 5. The summed E-state index contributed by atoms with van der Waals surface area (Å²) in [7, 11) is -3.51. The number of aliphatic hydroxyl groups is 1. The molecule has 0 bridgehead atoms. The number of nitrogens with two attached hydrogens (primary N) is 1. The van der Waals surface area contributed by atoms with E-state index in [1.54, 1.807) is 0 Å². The maximum atomic E-state index is 14.7. The van der Waals surface area contributed by atoms with Gasteiger partial charge in [0.1, 0.15) is 17.3 Å². The van der Waals surface area contributed by atoms with Crippen LogP contribution in [0.15, 0.2) is 40.4 Å². The highest BCUT2D eigenvalue weighted by Crippen LogP contribution is 2.36. The Bertz CT molecular complexity index is 1860. The molecule has 17 heteroatoms. The first-order valence-electron chi connectivity index (χ1n) is 17.8. The normalized spacial score (nSPS) is 23.4. The second-order valence-electron chi connectivity index (χ2n) is 14.6. The molecule has 16 nitrogen and oxygen atoms in total. The zero-order valence-electron chi connectivity index (χ0n) is 29.2. The first-order valence-corrected chi connectivity index (χ1v) is 19.7. The van der Waals surface area contributed by atoms with Crippen molar-refractivity contribution in [2.75, 3.05) is 26.0 Å². The summed E-state index contributed by atoms with van der Waals surface area (Å²) >= 11 is 0. The summed E-state index contributed by atoms with van der Waals surface area (Å²) in [6, 6.07) is 3.46. The number of Topliss-reactive ketones (excluding diaryl/α,β-unsaturated/α-hetero) is 1. The van der Waals surface area contributed by atoms with Gasteiger partial charge >= 0.3 is 0 Å². The molecule has 2 saturated heterocycles. The summed E-state index contributed by atoms with van der Waals surface area (Å²) in [6.07, 6.45) is 9.72. The zero-order chi connectivity index (χ0) is 37.3. The van der Waals surface area contributed by atoms with E-state index in [1.807, 2.05) is 0 Å². The molecule has 4 amide bonds. The molecule has 3 heterocycles. The predicted octanol–water partition coefficient (Wildman–Crippen LogP) is 1.17. The SMILES string of the molecule is CS(=O)(=O)c1ccc(C(=O)/N=C(\CC2CCCCC2)C(=O)N2C[C@@H](n3nncc3C3(O)COC3)C[C@H]2C(=O)NC2(C(=O)C(N)=O)CCCCC2)cc1. The van der Waals surface area contributed by atoms with Gasteiger partial charge in [-0.3, -0.25) is 24.0 Å². The molecule has 2 saturated carbocycles. The molecular weight excluding hydrogens is 694 g/mol. The van der Waals surface area contributed by atoms with Gasteiger partial charge in [0.2, 0.25) is 11.7 Å². The average molecular weight is 740 g/mol. The number of hydrogen-bond donors (Lipinski definition) is 3. The predicted molar refractivity (Wildman–Crippen MR) is 185 cm³/mol. The summed E-state index contributed by atoms with van der Waals surface area (Å²) in [5, 5.41) is 22.1. The van der Waals surface area contributed by atoms with E-state index in [4.69, 9.17) is 10.5 Å². The smallest absolute Gasteiger partial charge is 0.287 e. The minimum atomic E-state index is -3.51. The molecule has 280 valence electrons. The fraction of sp³-hybridized carbons (Fsp3) is 0.600. The lowest BCUT2D eigenvalue weighted by molar-refractivity contribution is -0.189. The van der Waals surface area contributed by atoms with Gasteiger partial charge in [0, 0.05) is 24.8 Å². The van der Waals surface area contributed by atoms with Crippen LogP contribution in [0.25, 0.3) is 0 Å². The van der Waals surface area contributed by atoms with Crippen molar-refractivity contribution in [1.29, 1.82) is 0 Å². The number of nitrogens with zero attached hydrogens (tertiary/aromatic N) is 5. The Morgan fingerprint density at radius 1 is 1.02 bits per heavy atom. The third-order valence-corrected chi connectivity index (χ3v) is 12.0. The summed E-state index contributed by atoms with van der Waals surface area (Å²) < 4.78 is 30.7. The van der Waals surface area contributed by atoms with Crippen LogP contribution in [0.3, 0.4) is 0 Å². The number of aromatic nitrogens is 3. The van der Waals surface area contributed by atoms with Crippen LogP contribution in [0.2, 0.25) is 0 Å². The molecule has 1 aromatic carbocycles. The van der Waals surface area contributed by atoms with Crippen LogP contribution in [0.4, 0.5) is 0 Å². The van der Waals surface area contributed by atoms with E-state index in [9.17, 15) is 37.5 Å². The van der Waals surface area contributed by atoms with Crippen LogP contribution >= 0.6 is 0 Å². The summed E-state index contributed by atoms with van der Waals surface area (Å²) in [5.74, 6) is -4.05. The lowest BCUT2D eigenvalue weighted by atomic mass is 9.78. The molecule has 0 unspecified atom stereocenters. The van der Waals surface area contributed by atoms with Gasteiger partial charge in [0.05, 0.1) is 36.0 Å². The quantitative estimate of drug-likeness (QED) is 0.219. The van der Waals surface area contributed by atoms with Crippen molar-refractivity contribution in [3.8, 4) is 0 Å². The maximum Gasteiger partial charge on any atom is 0.287 e. The first-order chi connectivity index (χ1) is 24.7. The van der Waals surface area contributed by atoms with Gasteiger partial charge in [0.15, 0.2) is 15.4 Å². The number of benzene rings is 1. The van der Waals surface area contributed by atoms with E-state index in [2.05, 4.69) is 20.6 Å². The lowest BCUT2D eigenvalue weighted by Crippen LogP contribution is -2.62. The third-order valence-electron chi connectivity index (χ3n) is 10.9. The molecule has 2 aromatic rings. The number of aliphatic imine (C=N–C) groups is 1. The van der Waals surface area contributed by atoms with Crippen molar-refractivity contribution >= 4 is 45.0 Å². The van der Waals surface area contributed by atoms with Gasteiger partial charge in [-0.2, -0.15) is 0 Å². The van der Waals surface area contributed by atoms with Gasteiger partial charge in [-0.1, -0.05) is 56.6 Å². The second kappa shape index (κ2) is 14.9. The molecule has 4 fully saturated rings. The molecule has 2 aliphatic carbocycles. The highest BCUT2D eigenvalue weighted by atomic mass is 32.2. The Morgan fingerprint density at radius 3 is 2.27 bits per heavy atom. The Labute approximate surface area is 301 Å². The number of amides is 4. The Kier molecular flexibility index (Phi) is 10.8. The van der Waals surface area contributed by atoms with Crippen molar-refractivity contribution in [1.82, 2.24) is 25.2 Å². The molecule has 1 aromatic heterocycles. The Morgan fingerprint density at radius 2 is 1.67 bits per heavy atom. The third kappa shape index (κ3) is 7.71. The van der Waals surface area contributed by atoms with Crippen LogP contribution in [0.1, 0.15) is 99.1 Å². The highest BCUT2D eigenvalue weighted by Gasteiger charge is 2.50. The highest BCUT2D eigenvalue weighted by molar-refractivity contribution is 7.90. The van der Waals surface area contributed by atoms with Crippen molar-refractivity contribution in [2.24, 2.45) is 16.6 Å². The number of carbonyl (C=O) groups is 5. The van der Waals surface area contributed by atoms with Gasteiger partial charge in [-0.25, -0.2) is 18.1 Å². The zero-order valence-corrected chi connectivity index (χ0v) is 30.0. The van der Waals surface area contributed by atoms with Crippen LogP contribution in [0.5, 0.6) is 0 Å². The average Bonchev–Trinajstić information content (AvgIpc) is 3.79. The van der Waals surface area contributed by atoms with E-state index < -0.39 is 62.5 Å². The molecule has 0 radical (unpaired) electrons. The largest absolute Gasteiger partial charge is 0.379 e. The van der Waals surface area contributed by atoms with E-state index in [1.165, 1.54) is 40.0 Å². The van der Waals surface area contributed by atoms with E-state index in [0.717, 1.165) is 44.8 Å². The summed E-state index contributed by atoms with van der Waals surface area (Å²) in [5.41, 5.74) is 2.96. The fourth-order valence-electron chi connectivity index (χ4n) is 7.92. The molecule has 4 aliphatic rings. The standard InChI is InChI=1S/C35H45N7O9S/c1-52(49,50)25-12-10-23(11-13-25)31(45)38-26(16-22-8-4-2-5-9-22)33(47)41-19-24(42-28(18-37-40-42)35(48)20-51-21-35)17-27(41)32(46)39-34(29(43)30(36)44)14-6-3-7-15-34/h10-13,18,22,24,27,48H,2-9,14-17,19-21H2,1H3,(H2,36,44)(H,39,46)/b38-26+/t24-,27-/m0/s1. The molecule has 2 atom stereocenters. The van der Waals surface area contributed by atoms with Gasteiger partial charge in [0.25, 0.3) is 17.7 Å². The monoisotopic (exact) mass is 739 g/mol. The summed E-state index contributed by atoms with van der Waals surface area (Å²) in [4.78, 5) is 73.5. The molecule has 2 aliphatic heterocycles. The van der Waals surface area contributed by atoms with Crippen molar-refractivity contribution < 1.29 is 42.2 Å².